The van der Waals surface area contributed by atoms with Crippen LogP contribution < -0.4 is 14.2 Å². The summed E-state index contributed by atoms with van der Waals surface area (Å²) in [7, 11) is 1.58. The fourth-order valence-electron chi connectivity index (χ4n) is 2.09. The standard InChI is InChI=1S/C14H14O4S/c1-16-12-5-10(6-13-14(12)18-8-17-13)11(15)4-9-2-3-19-7-9/h2-3,5-7,11,15H,4,8H2,1H3. The second-order valence-electron chi connectivity index (χ2n) is 4.31. The first-order valence-corrected chi connectivity index (χ1v) is 6.89. The van der Waals surface area contributed by atoms with E-state index in [-0.39, 0.29) is 6.79 Å². The van der Waals surface area contributed by atoms with Crippen molar-refractivity contribution < 1.29 is 19.3 Å². The van der Waals surface area contributed by atoms with E-state index in [1.54, 1.807) is 24.5 Å². The summed E-state index contributed by atoms with van der Waals surface area (Å²) in [5, 5.41) is 14.3. The molecule has 1 N–H and O–H groups in total. The molecule has 1 aliphatic rings. The third-order valence-electron chi connectivity index (χ3n) is 3.07. The molecule has 2 aromatic rings. The van der Waals surface area contributed by atoms with Gasteiger partial charge in [0.05, 0.1) is 13.2 Å². The van der Waals surface area contributed by atoms with Crippen molar-refractivity contribution in [3.8, 4) is 17.2 Å². The van der Waals surface area contributed by atoms with Gasteiger partial charge in [0.25, 0.3) is 0 Å². The van der Waals surface area contributed by atoms with Gasteiger partial charge < -0.3 is 19.3 Å². The zero-order chi connectivity index (χ0) is 13.2. The van der Waals surface area contributed by atoms with Crippen LogP contribution in [0.1, 0.15) is 17.2 Å². The molecule has 2 heterocycles. The molecule has 3 rings (SSSR count). The maximum absolute atomic E-state index is 10.3. The molecule has 5 heteroatoms. The molecular formula is C14H14O4S. The number of benzene rings is 1. The summed E-state index contributed by atoms with van der Waals surface area (Å²) in [6.07, 6.45) is -0.00949. The van der Waals surface area contributed by atoms with Gasteiger partial charge in [0.2, 0.25) is 12.5 Å². The smallest absolute Gasteiger partial charge is 0.231 e. The van der Waals surface area contributed by atoms with Gasteiger partial charge >= 0.3 is 0 Å². The summed E-state index contributed by atoms with van der Waals surface area (Å²) in [6, 6.07) is 5.62. The summed E-state index contributed by atoms with van der Waals surface area (Å²) in [6.45, 7) is 0.190. The van der Waals surface area contributed by atoms with E-state index in [2.05, 4.69) is 0 Å². The van der Waals surface area contributed by atoms with Gasteiger partial charge in [0.15, 0.2) is 11.5 Å². The van der Waals surface area contributed by atoms with Crippen molar-refractivity contribution in [2.75, 3.05) is 13.9 Å². The average Bonchev–Trinajstić information content (AvgIpc) is 3.07. The molecule has 4 nitrogen and oxygen atoms in total. The van der Waals surface area contributed by atoms with E-state index < -0.39 is 6.10 Å². The van der Waals surface area contributed by atoms with Gasteiger partial charge in [0, 0.05) is 6.42 Å². The van der Waals surface area contributed by atoms with Crippen molar-refractivity contribution in [2.24, 2.45) is 0 Å². The Morgan fingerprint density at radius 1 is 1.42 bits per heavy atom. The lowest BCUT2D eigenvalue weighted by Crippen LogP contribution is -2.01. The fraction of sp³-hybridized carbons (Fsp3) is 0.286. The van der Waals surface area contributed by atoms with E-state index in [4.69, 9.17) is 14.2 Å². The Bertz CT molecular complexity index is 565. The Hall–Kier alpha value is -1.72. The number of rotatable bonds is 4. The van der Waals surface area contributed by atoms with Crippen molar-refractivity contribution in [1.29, 1.82) is 0 Å². The van der Waals surface area contributed by atoms with Crippen LogP contribution in [0.2, 0.25) is 0 Å². The summed E-state index contributed by atoms with van der Waals surface area (Å²) < 4.78 is 16.0. The molecule has 0 saturated carbocycles. The summed E-state index contributed by atoms with van der Waals surface area (Å²) in [5.74, 6) is 1.82. The Kier molecular flexibility index (Phi) is 3.31. The molecule has 1 aromatic carbocycles. The van der Waals surface area contributed by atoms with Gasteiger partial charge in [-0.05, 0) is 40.1 Å². The van der Waals surface area contributed by atoms with Crippen LogP contribution in [0.15, 0.2) is 29.0 Å². The Labute approximate surface area is 115 Å². The van der Waals surface area contributed by atoms with Gasteiger partial charge in [-0.1, -0.05) is 0 Å². The number of thiophene rings is 1. The number of hydrogen-bond donors (Lipinski definition) is 1. The molecule has 1 aromatic heterocycles. The van der Waals surface area contributed by atoms with Gasteiger partial charge in [0.1, 0.15) is 0 Å². The van der Waals surface area contributed by atoms with Crippen LogP contribution in [0.3, 0.4) is 0 Å². The molecule has 0 fully saturated rings. The molecule has 100 valence electrons. The molecule has 0 radical (unpaired) electrons. The van der Waals surface area contributed by atoms with Crippen molar-refractivity contribution >= 4 is 11.3 Å². The zero-order valence-corrected chi connectivity index (χ0v) is 11.3. The van der Waals surface area contributed by atoms with Gasteiger partial charge in [-0.3, -0.25) is 0 Å². The summed E-state index contributed by atoms with van der Waals surface area (Å²) in [5.41, 5.74) is 1.89. The third kappa shape index (κ3) is 2.39. The van der Waals surface area contributed by atoms with E-state index in [9.17, 15) is 5.11 Å². The lowest BCUT2D eigenvalue weighted by molar-refractivity contribution is 0.170. The Morgan fingerprint density at radius 3 is 3.05 bits per heavy atom. The predicted octanol–water partition coefficient (Wildman–Crippen LogP) is 2.76. The summed E-state index contributed by atoms with van der Waals surface area (Å²) >= 11 is 1.62. The second-order valence-corrected chi connectivity index (χ2v) is 5.09. The highest BCUT2D eigenvalue weighted by atomic mass is 32.1. The lowest BCUT2D eigenvalue weighted by Gasteiger charge is -2.13. The van der Waals surface area contributed by atoms with Crippen molar-refractivity contribution in [1.82, 2.24) is 0 Å². The molecular weight excluding hydrogens is 264 g/mol. The molecule has 1 aliphatic heterocycles. The number of aliphatic hydroxyl groups excluding tert-OH is 1. The monoisotopic (exact) mass is 278 g/mol. The minimum absolute atomic E-state index is 0.190. The van der Waals surface area contributed by atoms with E-state index in [1.807, 2.05) is 22.9 Å². The van der Waals surface area contributed by atoms with Crippen LogP contribution >= 0.6 is 11.3 Å². The molecule has 0 amide bonds. The van der Waals surface area contributed by atoms with Crippen molar-refractivity contribution in [3.05, 3.63) is 40.1 Å². The van der Waals surface area contributed by atoms with Crippen LogP contribution in [-0.2, 0) is 6.42 Å². The van der Waals surface area contributed by atoms with Gasteiger partial charge in [-0.2, -0.15) is 11.3 Å². The van der Waals surface area contributed by atoms with Crippen LogP contribution in [0, 0.1) is 0 Å². The maximum atomic E-state index is 10.3. The van der Waals surface area contributed by atoms with E-state index in [0.29, 0.717) is 23.7 Å². The van der Waals surface area contributed by atoms with Crippen LogP contribution in [0.4, 0.5) is 0 Å². The summed E-state index contributed by atoms with van der Waals surface area (Å²) in [4.78, 5) is 0. The van der Waals surface area contributed by atoms with Crippen molar-refractivity contribution in [2.45, 2.75) is 12.5 Å². The average molecular weight is 278 g/mol. The number of aliphatic hydroxyl groups is 1. The number of methoxy groups -OCH3 is 1. The predicted molar refractivity (Wildman–Crippen MR) is 72.1 cm³/mol. The minimum atomic E-state index is -0.585. The van der Waals surface area contributed by atoms with Crippen molar-refractivity contribution in [3.63, 3.8) is 0 Å². The number of fused-ring (bicyclic) bond motifs is 1. The first-order chi connectivity index (χ1) is 9.28. The van der Waals surface area contributed by atoms with E-state index in [0.717, 1.165) is 11.1 Å². The largest absolute Gasteiger partial charge is 0.493 e. The highest BCUT2D eigenvalue weighted by molar-refractivity contribution is 7.07. The molecule has 0 saturated heterocycles. The first-order valence-electron chi connectivity index (χ1n) is 5.94. The Morgan fingerprint density at radius 2 is 2.32 bits per heavy atom. The van der Waals surface area contributed by atoms with Crippen LogP contribution in [-0.4, -0.2) is 19.0 Å². The first kappa shape index (κ1) is 12.3. The molecule has 0 spiro atoms. The maximum Gasteiger partial charge on any atom is 0.231 e. The lowest BCUT2D eigenvalue weighted by atomic mass is 10.0. The molecule has 1 unspecified atom stereocenters. The minimum Gasteiger partial charge on any atom is -0.493 e. The van der Waals surface area contributed by atoms with Gasteiger partial charge in [-0.15, -0.1) is 0 Å². The quantitative estimate of drug-likeness (QED) is 0.934. The molecule has 1 atom stereocenters. The zero-order valence-electron chi connectivity index (χ0n) is 10.5. The topological polar surface area (TPSA) is 47.9 Å². The fourth-order valence-corrected chi connectivity index (χ4v) is 2.77. The molecule has 19 heavy (non-hydrogen) atoms. The highest BCUT2D eigenvalue weighted by Gasteiger charge is 2.22. The highest BCUT2D eigenvalue weighted by Crippen LogP contribution is 2.43. The van der Waals surface area contributed by atoms with E-state index in [1.165, 1.54) is 0 Å². The molecule has 0 aliphatic carbocycles. The SMILES string of the molecule is COc1cc(C(O)Cc2ccsc2)cc2c1OCO2. The second kappa shape index (κ2) is 5.11. The Balaban J connectivity index is 1.88. The third-order valence-corrected chi connectivity index (χ3v) is 3.81. The normalized spacial score (nSPS) is 14.4. The van der Waals surface area contributed by atoms with Crippen LogP contribution in [0.25, 0.3) is 0 Å². The van der Waals surface area contributed by atoms with Gasteiger partial charge in [-0.25, -0.2) is 0 Å². The van der Waals surface area contributed by atoms with Crippen LogP contribution in [0.5, 0.6) is 17.2 Å². The van der Waals surface area contributed by atoms with E-state index >= 15 is 0 Å². The number of hydrogen-bond acceptors (Lipinski definition) is 5. The number of ether oxygens (including phenoxy) is 3. The molecule has 0 bridgehead atoms.